The highest BCUT2D eigenvalue weighted by atomic mass is 16.1. The molecular formula is C19H20N6O. The minimum atomic E-state index is -0.208. The van der Waals surface area contributed by atoms with Gasteiger partial charge in [0.2, 0.25) is 5.95 Å². The average Bonchev–Trinajstić information content (AvgIpc) is 2.72. The Balaban J connectivity index is 1.53. The molecule has 26 heavy (non-hydrogen) atoms. The van der Waals surface area contributed by atoms with Crippen molar-refractivity contribution in [1.82, 2.24) is 25.3 Å². The third-order valence-electron chi connectivity index (χ3n) is 3.90. The van der Waals surface area contributed by atoms with Crippen molar-refractivity contribution in [2.45, 2.75) is 13.0 Å². The fraction of sp³-hybridized carbons (Fsp3) is 0.211. The second kappa shape index (κ2) is 8.66. The smallest absolute Gasteiger partial charge is 0.254 e. The molecule has 132 valence electrons. The number of nitrogens with zero attached hydrogens (tertiary/aromatic N) is 5. The highest BCUT2D eigenvalue weighted by molar-refractivity contribution is 5.93. The Bertz CT molecular complexity index is 824. The summed E-state index contributed by atoms with van der Waals surface area (Å²) >= 11 is 0. The van der Waals surface area contributed by atoms with Gasteiger partial charge in [0.1, 0.15) is 0 Å². The average molecular weight is 348 g/mol. The number of rotatable bonds is 7. The van der Waals surface area contributed by atoms with Gasteiger partial charge in [0.15, 0.2) is 0 Å². The molecule has 0 saturated carbocycles. The van der Waals surface area contributed by atoms with E-state index in [2.05, 4.69) is 25.3 Å². The third-order valence-corrected chi connectivity index (χ3v) is 3.90. The molecule has 0 aliphatic carbocycles. The molecule has 0 aromatic carbocycles. The molecule has 0 spiro atoms. The maximum atomic E-state index is 12.2. The molecule has 0 unspecified atom stereocenters. The molecule has 1 N–H and O–H groups in total. The number of anilines is 1. The van der Waals surface area contributed by atoms with Gasteiger partial charge in [-0.15, -0.1) is 0 Å². The zero-order valence-corrected chi connectivity index (χ0v) is 14.5. The van der Waals surface area contributed by atoms with Crippen LogP contribution < -0.4 is 10.2 Å². The first-order chi connectivity index (χ1) is 12.7. The summed E-state index contributed by atoms with van der Waals surface area (Å²) in [5.74, 6) is 0.378. The van der Waals surface area contributed by atoms with Crippen LogP contribution in [0.4, 0.5) is 5.95 Å². The first-order valence-electron chi connectivity index (χ1n) is 8.31. The predicted molar refractivity (Wildman–Crippen MR) is 98.7 cm³/mol. The monoisotopic (exact) mass is 348 g/mol. The van der Waals surface area contributed by atoms with Crippen molar-refractivity contribution in [3.8, 4) is 0 Å². The first kappa shape index (κ1) is 17.5. The second-order valence-corrected chi connectivity index (χ2v) is 5.84. The number of likely N-dealkylation sites (N-methyl/N-ethyl adjacent to an activating group) is 1. The summed E-state index contributed by atoms with van der Waals surface area (Å²) in [5.41, 5.74) is 2.58. The number of nitrogens with one attached hydrogen (secondary N) is 1. The molecule has 0 aliphatic heterocycles. The molecule has 0 bridgehead atoms. The van der Waals surface area contributed by atoms with Crippen molar-refractivity contribution in [1.29, 1.82) is 0 Å². The maximum Gasteiger partial charge on any atom is 0.254 e. The molecule has 0 saturated heterocycles. The van der Waals surface area contributed by atoms with E-state index >= 15 is 0 Å². The van der Waals surface area contributed by atoms with Gasteiger partial charge in [-0.25, -0.2) is 9.97 Å². The van der Waals surface area contributed by atoms with Crippen LogP contribution in [0.25, 0.3) is 0 Å². The number of aromatic nitrogens is 4. The van der Waals surface area contributed by atoms with Crippen molar-refractivity contribution >= 4 is 11.9 Å². The summed E-state index contributed by atoms with van der Waals surface area (Å²) in [4.78, 5) is 30.8. The molecule has 3 aromatic rings. The number of carbonyl (C=O) groups excluding carboxylic acids is 1. The standard InChI is InChI=1S/C19H20N6O/c1-25(10-6-15-4-8-20-9-5-15)19-23-13-17(14-24-19)18(26)22-12-16-3-2-7-21-11-16/h2-5,7-9,11,13-14H,6,10,12H2,1H3,(H,22,26). The minimum Gasteiger partial charge on any atom is -0.348 e. The third kappa shape index (κ3) is 4.83. The van der Waals surface area contributed by atoms with Gasteiger partial charge in [0.05, 0.1) is 5.56 Å². The molecule has 0 fully saturated rings. The van der Waals surface area contributed by atoms with Crippen LogP contribution in [-0.2, 0) is 13.0 Å². The Morgan fingerprint density at radius 2 is 1.77 bits per heavy atom. The Kier molecular flexibility index (Phi) is 5.82. The lowest BCUT2D eigenvalue weighted by molar-refractivity contribution is 0.0950. The van der Waals surface area contributed by atoms with Crippen LogP contribution in [0.3, 0.4) is 0 Å². The van der Waals surface area contributed by atoms with Gasteiger partial charge in [-0.05, 0) is 35.7 Å². The highest BCUT2D eigenvalue weighted by Gasteiger charge is 2.09. The van der Waals surface area contributed by atoms with E-state index in [1.165, 1.54) is 5.56 Å². The normalized spacial score (nSPS) is 10.3. The molecule has 0 radical (unpaired) electrons. The summed E-state index contributed by atoms with van der Waals surface area (Å²) in [7, 11) is 1.93. The molecule has 3 heterocycles. The van der Waals surface area contributed by atoms with E-state index in [-0.39, 0.29) is 5.91 Å². The van der Waals surface area contributed by atoms with Crippen LogP contribution in [0.5, 0.6) is 0 Å². The van der Waals surface area contributed by atoms with Gasteiger partial charge in [0.25, 0.3) is 5.91 Å². The molecule has 3 rings (SSSR count). The highest BCUT2D eigenvalue weighted by Crippen LogP contribution is 2.07. The quantitative estimate of drug-likeness (QED) is 0.702. The SMILES string of the molecule is CN(CCc1ccncc1)c1ncc(C(=O)NCc2cccnc2)cn1. The van der Waals surface area contributed by atoms with Crippen LogP contribution in [-0.4, -0.2) is 39.4 Å². The minimum absolute atomic E-state index is 0.208. The molecular weight excluding hydrogens is 328 g/mol. The number of pyridine rings is 2. The Hall–Kier alpha value is -3.35. The van der Waals surface area contributed by atoms with Crippen molar-refractivity contribution in [2.75, 3.05) is 18.5 Å². The largest absolute Gasteiger partial charge is 0.348 e. The van der Waals surface area contributed by atoms with Crippen molar-refractivity contribution < 1.29 is 4.79 Å². The van der Waals surface area contributed by atoms with E-state index in [1.807, 2.05) is 36.2 Å². The number of amides is 1. The lowest BCUT2D eigenvalue weighted by Gasteiger charge is -2.16. The first-order valence-corrected chi connectivity index (χ1v) is 8.31. The van der Waals surface area contributed by atoms with E-state index in [0.29, 0.717) is 18.1 Å². The summed E-state index contributed by atoms with van der Waals surface area (Å²) in [5, 5.41) is 2.83. The molecule has 3 aromatic heterocycles. The lowest BCUT2D eigenvalue weighted by Crippen LogP contribution is -2.25. The fourth-order valence-corrected chi connectivity index (χ4v) is 2.37. The molecule has 7 heteroatoms. The van der Waals surface area contributed by atoms with Gasteiger partial charge in [0, 0.05) is 57.3 Å². The van der Waals surface area contributed by atoms with Crippen LogP contribution in [0.2, 0.25) is 0 Å². The lowest BCUT2D eigenvalue weighted by atomic mass is 10.2. The summed E-state index contributed by atoms with van der Waals surface area (Å²) < 4.78 is 0. The van der Waals surface area contributed by atoms with E-state index < -0.39 is 0 Å². The number of hydrogen-bond acceptors (Lipinski definition) is 6. The van der Waals surface area contributed by atoms with Gasteiger partial charge in [-0.1, -0.05) is 6.07 Å². The maximum absolute atomic E-state index is 12.2. The van der Waals surface area contributed by atoms with E-state index in [4.69, 9.17) is 0 Å². The molecule has 7 nitrogen and oxygen atoms in total. The molecule has 1 amide bonds. The Morgan fingerprint density at radius 1 is 1.00 bits per heavy atom. The molecule has 0 atom stereocenters. The van der Waals surface area contributed by atoms with Gasteiger partial charge in [-0.3, -0.25) is 14.8 Å². The number of carbonyl (C=O) groups is 1. The topological polar surface area (TPSA) is 83.9 Å². The zero-order valence-electron chi connectivity index (χ0n) is 14.5. The molecule has 0 aliphatic rings. The van der Waals surface area contributed by atoms with Crippen molar-refractivity contribution in [3.63, 3.8) is 0 Å². The van der Waals surface area contributed by atoms with Gasteiger partial charge < -0.3 is 10.2 Å². The summed E-state index contributed by atoms with van der Waals surface area (Å²) in [6, 6.07) is 7.72. The Morgan fingerprint density at radius 3 is 2.46 bits per heavy atom. The van der Waals surface area contributed by atoms with Crippen LogP contribution in [0.15, 0.2) is 61.4 Å². The number of hydrogen-bond donors (Lipinski definition) is 1. The fourth-order valence-electron chi connectivity index (χ4n) is 2.37. The van der Waals surface area contributed by atoms with Crippen LogP contribution in [0.1, 0.15) is 21.5 Å². The Labute approximate surface area is 152 Å². The van der Waals surface area contributed by atoms with Crippen LogP contribution >= 0.6 is 0 Å². The van der Waals surface area contributed by atoms with Crippen molar-refractivity contribution in [3.05, 3.63) is 78.1 Å². The van der Waals surface area contributed by atoms with E-state index in [0.717, 1.165) is 18.5 Å². The summed E-state index contributed by atoms with van der Waals surface area (Å²) in [6.45, 7) is 1.19. The van der Waals surface area contributed by atoms with Gasteiger partial charge >= 0.3 is 0 Å². The van der Waals surface area contributed by atoms with Gasteiger partial charge in [-0.2, -0.15) is 0 Å². The second-order valence-electron chi connectivity index (χ2n) is 5.84. The summed E-state index contributed by atoms with van der Waals surface area (Å²) in [6.07, 6.45) is 10.9. The van der Waals surface area contributed by atoms with Crippen molar-refractivity contribution in [2.24, 2.45) is 0 Å². The van der Waals surface area contributed by atoms with Crippen LogP contribution in [0, 0.1) is 0 Å². The zero-order chi connectivity index (χ0) is 18.2. The van der Waals surface area contributed by atoms with E-state index in [9.17, 15) is 4.79 Å². The van der Waals surface area contributed by atoms with E-state index in [1.54, 1.807) is 37.2 Å². The predicted octanol–water partition coefficient (Wildman–Crippen LogP) is 1.88.